The summed E-state index contributed by atoms with van der Waals surface area (Å²) in [5.74, 6) is -1.01. The zero-order valence-corrected chi connectivity index (χ0v) is 19.2. The SMILES string of the molecule is Cl.O=C(CCc1ccc(C(=O)O)cc1)NC[C@H]1CN(Cc2ccc(Cl)c(Cl)c2)CCO1. The van der Waals surface area contributed by atoms with Crippen molar-refractivity contribution < 1.29 is 19.4 Å². The van der Waals surface area contributed by atoms with Crippen LogP contribution in [0, 0.1) is 0 Å². The van der Waals surface area contributed by atoms with Gasteiger partial charge in [0, 0.05) is 32.6 Å². The Morgan fingerprint density at radius 3 is 2.48 bits per heavy atom. The molecule has 1 aliphatic heterocycles. The number of carboxylic acid groups (broad SMARTS) is 1. The fourth-order valence-electron chi connectivity index (χ4n) is 3.33. The summed E-state index contributed by atoms with van der Waals surface area (Å²) in [4.78, 5) is 25.3. The molecule has 1 atom stereocenters. The van der Waals surface area contributed by atoms with Gasteiger partial charge in [-0.05, 0) is 41.8 Å². The fourth-order valence-corrected chi connectivity index (χ4v) is 3.65. The Balaban J connectivity index is 0.00000341. The van der Waals surface area contributed by atoms with E-state index in [2.05, 4.69) is 10.2 Å². The van der Waals surface area contributed by atoms with Crippen molar-refractivity contribution in [3.05, 3.63) is 69.2 Å². The molecule has 31 heavy (non-hydrogen) atoms. The van der Waals surface area contributed by atoms with Crippen LogP contribution in [0.3, 0.4) is 0 Å². The minimum atomic E-state index is -0.958. The van der Waals surface area contributed by atoms with Gasteiger partial charge in [0.1, 0.15) is 0 Å². The maximum Gasteiger partial charge on any atom is 0.335 e. The third-order valence-electron chi connectivity index (χ3n) is 4.98. The third-order valence-corrected chi connectivity index (χ3v) is 5.72. The molecule has 0 spiro atoms. The number of carbonyl (C=O) groups is 2. The van der Waals surface area contributed by atoms with Gasteiger partial charge in [0.15, 0.2) is 0 Å². The summed E-state index contributed by atoms with van der Waals surface area (Å²) in [6.07, 6.45) is 0.827. The van der Waals surface area contributed by atoms with Crippen LogP contribution in [0.1, 0.15) is 27.9 Å². The van der Waals surface area contributed by atoms with Crippen molar-refractivity contribution in [2.24, 2.45) is 0 Å². The largest absolute Gasteiger partial charge is 0.478 e. The fraction of sp³-hybridized carbons (Fsp3) is 0.364. The quantitative estimate of drug-likeness (QED) is 0.587. The van der Waals surface area contributed by atoms with Crippen LogP contribution in [-0.4, -0.2) is 54.2 Å². The number of halogens is 3. The van der Waals surface area contributed by atoms with E-state index in [1.54, 1.807) is 30.3 Å². The second-order valence-corrected chi connectivity index (χ2v) is 8.10. The lowest BCUT2D eigenvalue weighted by Crippen LogP contribution is -2.47. The summed E-state index contributed by atoms with van der Waals surface area (Å²) in [5.41, 5.74) is 2.25. The molecule has 0 aliphatic carbocycles. The Kier molecular flexibility index (Phi) is 10.1. The summed E-state index contributed by atoms with van der Waals surface area (Å²) in [7, 11) is 0. The number of rotatable bonds is 8. The van der Waals surface area contributed by atoms with Crippen molar-refractivity contribution >= 4 is 47.5 Å². The van der Waals surface area contributed by atoms with E-state index < -0.39 is 5.97 Å². The van der Waals surface area contributed by atoms with Crippen molar-refractivity contribution in [3.63, 3.8) is 0 Å². The highest BCUT2D eigenvalue weighted by Crippen LogP contribution is 2.23. The van der Waals surface area contributed by atoms with Crippen LogP contribution >= 0.6 is 35.6 Å². The van der Waals surface area contributed by atoms with Crippen LogP contribution in [-0.2, 0) is 22.5 Å². The van der Waals surface area contributed by atoms with E-state index in [0.29, 0.717) is 36.0 Å². The summed E-state index contributed by atoms with van der Waals surface area (Å²) < 4.78 is 5.78. The monoisotopic (exact) mass is 486 g/mol. The van der Waals surface area contributed by atoms with Crippen LogP contribution in [0.25, 0.3) is 0 Å². The Labute approximate surface area is 197 Å². The second-order valence-electron chi connectivity index (χ2n) is 7.28. The van der Waals surface area contributed by atoms with E-state index in [4.69, 9.17) is 33.0 Å². The van der Waals surface area contributed by atoms with E-state index in [0.717, 1.165) is 30.8 Å². The number of aryl methyl sites for hydroxylation is 1. The van der Waals surface area contributed by atoms with Gasteiger partial charge < -0.3 is 15.2 Å². The summed E-state index contributed by atoms with van der Waals surface area (Å²) in [5, 5.41) is 12.9. The normalized spacial score (nSPS) is 16.4. The zero-order valence-electron chi connectivity index (χ0n) is 16.9. The minimum Gasteiger partial charge on any atom is -0.478 e. The molecule has 0 radical (unpaired) electrons. The molecule has 3 rings (SSSR count). The molecule has 168 valence electrons. The lowest BCUT2D eigenvalue weighted by molar-refractivity contribution is -0.122. The molecule has 1 fully saturated rings. The average molecular weight is 488 g/mol. The first-order valence-electron chi connectivity index (χ1n) is 9.77. The van der Waals surface area contributed by atoms with Crippen LogP contribution < -0.4 is 5.32 Å². The van der Waals surface area contributed by atoms with Gasteiger partial charge in [-0.2, -0.15) is 0 Å². The van der Waals surface area contributed by atoms with Gasteiger partial charge in [-0.25, -0.2) is 4.79 Å². The molecule has 1 heterocycles. The molecule has 2 aromatic carbocycles. The Bertz CT molecular complexity index is 893. The van der Waals surface area contributed by atoms with Crippen molar-refractivity contribution in [3.8, 4) is 0 Å². The van der Waals surface area contributed by atoms with Gasteiger partial charge >= 0.3 is 5.97 Å². The van der Waals surface area contributed by atoms with Gasteiger partial charge in [0.05, 0.1) is 28.3 Å². The number of morpholine rings is 1. The number of carboxylic acids is 1. The molecule has 9 heteroatoms. The number of benzene rings is 2. The number of hydrogen-bond acceptors (Lipinski definition) is 4. The Hall–Kier alpha value is -1.83. The maximum absolute atomic E-state index is 12.2. The van der Waals surface area contributed by atoms with E-state index in [9.17, 15) is 9.59 Å². The molecule has 0 saturated carbocycles. The van der Waals surface area contributed by atoms with Gasteiger partial charge in [0.2, 0.25) is 5.91 Å². The van der Waals surface area contributed by atoms with Crippen molar-refractivity contribution in [1.82, 2.24) is 10.2 Å². The first-order chi connectivity index (χ1) is 14.4. The molecule has 1 amide bonds. The van der Waals surface area contributed by atoms with Gasteiger partial charge in [-0.3, -0.25) is 9.69 Å². The Morgan fingerprint density at radius 2 is 1.81 bits per heavy atom. The summed E-state index contributed by atoms with van der Waals surface area (Å²) in [6.45, 7) is 3.34. The molecule has 6 nitrogen and oxygen atoms in total. The number of nitrogens with zero attached hydrogens (tertiary/aromatic N) is 1. The maximum atomic E-state index is 12.2. The third kappa shape index (κ3) is 7.98. The number of aromatic carboxylic acids is 1. The lowest BCUT2D eigenvalue weighted by Gasteiger charge is -2.33. The molecular weight excluding hydrogens is 463 g/mol. The molecule has 0 aromatic heterocycles. The number of hydrogen-bond donors (Lipinski definition) is 2. The molecule has 1 aliphatic rings. The van der Waals surface area contributed by atoms with Crippen LogP contribution in [0.15, 0.2) is 42.5 Å². The van der Waals surface area contributed by atoms with Crippen molar-refractivity contribution in [1.29, 1.82) is 0 Å². The molecule has 2 aromatic rings. The first-order valence-corrected chi connectivity index (χ1v) is 10.5. The smallest absolute Gasteiger partial charge is 0.335 e. The van der Waals surface area contributed by atoms with E-state index in [-0.39, 0.29) is 30.0 Å². The lowest BCUT2D eigenvalue weighted by atomic mass is 10.1. The van der Waals surface area contributed by atoms with Gasteiger partial charge in [-0.1, -0.05) is 41.4 Å². The first kappa shape index (κ1) is 25.4. The number of amides is 1. The minimum absolute atomic E-state index is 0. The zero-order chi connectivity index (χ0) is 21.5. The van der Waals surface area contributed by atoms with E-state index in [1.165, 1.54) is 0 Å². The van der Waals surface area contributed by atoms with Crippen molar-refractivity contribution in [2.45, 2.75) is 25.5 Å². The van der Waals surface area contributed by atoms with E-state index in [1.807, 2.05) is 12.1 Å². The highest BCUT2D eigenvalue weighted by molar-refractivity contribution is 6.42. The summed E-state index contributed by atoms with van der Waals surface area (Å²) in [6, 6.07) is 12.2. The number of ether oxygens (including phenoxy) is 1. The number of nitrogens with one attached hydrogen (secondary N) is 1. The van der Waals surface area contributed by atoms with Crippen molar-refractivity contribution in [2.75, 3.05) is 26.2 Å². The molecule has 2 N–H and O–H groups in total. The van der Waals surface area contributed by atoms with E-state index >= 15 is 0 Å². The number of carbonyl (C=O) groups excluding carboxylic acids is 1. The molecule has 1 saturated heterocycles. The highest BCUT2D eigenvalue weighted by atomic mass is 35.5. The topological polar surface area (TPSA) is 78.9 Å². The molecular formula is C22H25Cl3N2O4. The predicted molar refractivity (Wildman–Crippen MR) is 123 cm³/mol. The average Bonchev–Trinajstić information content (AvgIpc) is 2.74. The second kappa shape index (κ2) is 12.3. The Morgan fingerprint density at radius 1 is 1.10 bits per heavy atom. The molecule has 0 bridgehead atoms. The van der Waals surface area contributed by atoms with Crippen LogP contribution in [0.4, 0.5) is 0 Å². The van der Waals surface area contributed by atoms with Gasteiger partial charge in [-0.15, -0.1) is 12.4 Å². The standard InChI is InChI=1S/C22H24Cl2N2O4.ClH/c23-19-7-3-16(11-20(19)24)13-26-9-10-30-18(14-26)12-25-21(27)8-4-15-1-5-17(6-2-15)22(28)29;/h1-3,5-7,11,18H,4,8-10,12-14H2,(H,25,27)(H,28,29);1H/t18-;/m0./s1. The predicted octanol–water partition coefficient (Wildman–Crippen LogP) is 4.06. The van der Waals surface area contributed by atoms with Gasteiger partial charge in [0.25, 0.3) is 0 Å². The molecule has 0 unspecified atom stereocenters. The summed E-state index contributed by atoms with van der Waals surface area (Å²) >= 11 is 12.1. The van der Waals surface area contributed by atoms with Crippen LogP contribution in [0.5, 0.6) is 0 Å². The van der Waals surface area contributed by atoms with Crippen LogP contribution in [0.2, 0.25) is 10.0 Å². The highest BCUT2D eigenvalue weighted by Gasteiger charge is 2.21.